The van der Waals surface area contributed by atoms with E-state index in [1.807, 2.05) is 0 Å². The van der Waals surface area contributed by atoms with Crippen molar-refractivity contribution in [1.82, 2.24) is 9.97 Å². The van der Waals surface area contributed by atoms with Gasteiger partial charge in [-0.25, -0.2) is 4.98 Å². The molecule has 0 spiro atoms. The van der Waals surface area contributed by atoms with E-state index in [2.05, 4.69) is 25.9 Å². The molecule has 0 bridgehead atoms. The maximum Gasteiger partial charge on any atom is 0.232 e. The van der Waals surface area contributed by atoms with Crippen LogP contribution in [-0.4, -0.2) is 27.3 Å². The number of hydrogen-bond donors (Lipinski definition) is 1. The van der Waals surface area contributed by atoms with Gasteiger partial charge in [-0.15, -0.1) is 0 Å². The summed E-state index contributed by atoms with van der Waals surface area (Å²) in [5.41, 5.74) is 0. The topological polar surface area (TPSA) is 55.2 Å². The molecule has 1 aromatic rings. The molecule has 1 aliphatic carbocycles. The zero-order valence-corrected chi connectivity index (χ0v) is 10.2. The molecule has 0 aromatic carbocycles. The first-order valence-electron chi connectivity index (χ1n) is 4.69. The average molecular weight is 294 g/mol. The summed E-state index contributed by atoms with van der Waals surface area (Å²) in [4.78, 5) is 7.74. The fourth-order valence-corrected chi connectivity index (χ4v) is 2.01. The van der Waals surface area contributed by atoms with E-state index < -0.39 is 6.10 Å². The van der Waals surface area contributed by atoms with Gasteiger partial charge in [0.05, 0.1) is 10.6 Å². The molecular weight excluding hydrogens is 283 g/mol. The van der Waals surface area contributed by atoms with Crippen LogP contribution in [0.4, 0.5) is 0 Å². The van der Waals surface area contributed by atoms with Crippen molar-refractivity contribution in [2.75, 3.05) is 0 Å². The lowest BCUT2D eigenvalue weighted by atomic mass is 10.3. The zero-order valence-electron chi connectivity index (χ0n) is 7.86. The van der Waals surface area contributed by atoms with Crippen molar-refractivity contribution >= 4 is 27.5 Å². The first-order chi connectivity index (χ1) is 7.16. The summed E-state index contributed by atoms with van der Waals surface area (Å²) in [5, 5.41) is 9.73. The summed E-state index contributed by atoms with van der Waals surface area (Å²) < 4.78 is 6.21. The van der Waals surface area contributed by atoms with E-state index in [-0.39, 0.29) is 11.4 Å². The number of hydrogen-bond acceptors (Lipinski definition) is 4. The first kappa shape index (κ1) is 11.1. The minimum Gasteiger partial charge on any atom is -0.471 e. The molecule has 2 atom stereocenters. The van der Waals surface area contributed by atoms with Gasteiger partial charge in [-0.05, 0) is 46.8 Å². The second-order valence-corrected chi connectivity index (χ2v) is 4.64. The highest BCUT2D eigenvalue weighted by Gasteiger charge is 2.28. The molecule has 1 saturated carbocycles. The van der Waals surface area contributed by atoms with E-state index in [0.29, 0.717) is 10.4 Å². The van der Waals surface area contributed by atoms with Crippen molar-refractivity contribution in [3.63, 3.8) is 0 Å². The summed E-state index contributed by atoms with van der Waals surface area (Å²) in [6.45, 7) is 0. The molecule has 1 fully saturated rings. The Morgan fingerprint density at radius 3 is 3.00 bits per heavy atom. The summed E-state index contributed by atoms with van der Waals surface area (Å²) in [6, 6.07) is 0. The molecule has 15 heavy (non-hydrogen) atoms. The van der Waals surface area contributed by atoms with Crippen molar-refractivity contribution in [1.29, 1.82) is 0 Å². The Morgan fingerprint density at radius 1 is 1.53 bits per heavy atom. The Labute approximate surface area is 101 Å². The minimum absolute atomic E-state index is 0.140. The van der Waals surface area contributed by atoms with Crippen LogP contribution in [0.3, 0.4) is 0 Å². The second-order valence-electron chi connectivity index (χ2n) is 3.45. The molecule has 0 aliphatic heterocycles. The van der Waals surface area contributed by atoms with Crippen LogP contribution in [0.2, 0.25) is 5.28 Å². The van der Waals surface area contributed by atoms with Gasteiger partial charge in [0.15, 0.2) is 0 Å². The predicted molar refractivity (Wildman–Crippen MR) is 59.0 cm³/mol. The summed E-state index contributed by atoms with van der Waals surface area (Å²) in [5.74, 6) is 0.390. The predicted octanol–water partition coefficient (Wildman–Crippen LogP) is 2.18. The number of halogens is 2. The molecule has 6 heteroatoms. The SMILES string of the molecule is OC1CCCC1Oc1nc(Cl)ncc1Br. The van der Waals surface area contributed by atoms with Gasteiger partial charge in [-0.1, -0.05) is 0 Å². The molecule has 2 unspecified atom stereocenters. The quantitative estimate of drug-likeness (QED) is 0.849. The highest BCUT2D eigenvalue weighted by Crippen LogP contribution is 2.28. The van der Waals surface area contributed by atoms with Crippen LogP contribution in [0.5, 0.6) is 5.88 Å². The van der Waals surface area contributed by atoms with Crippen molar-refractivity contribution in [3.05, 3.63) is 16.0 Å². The fraction of sp³-hybridized carbons (Fsp3) is 0.556. The molecule has 0 radical (unpaired) electrons. The molecule has 82 valence electrons. The lowest BCUT2D eigenvalue weighted by molar-refractivity contribution is 0.0568. The standard InChI is InChI=1S/C9H10BrClN2O2/c10-5-4-12-9(11)13-8(5)15-7-3-1-2-6(7)14/h4,6-7,14H,1-3H2. The molecule has 2 rings (SSSR count). The molecule has 1 heterocycles. The monoisotopic (exact) mass is 292 g/mol. The fourth-order valence-electron chi connectivity index (χ4n) is 1.60. The van der Waals surface area contributed by atoms with Crippen molar-refractivity contribution in [2.24, 2.45) is 0 Å². The van der Waals surface area contributed by atoms with Crippen LogP contribution in [0.1, 0.15) is 19.3 Å². The van der Waals surface area contributed by atoms with E-state index in [4.69, 9.17) is 16.3 Å². The molecule has 4 nitrogen and oxygen atoms in total. The number of aromatic nitrogens is 2. The molecular formula is C9H10BrClN2O2. The Hall–Kier alpha value is -0.390. The van der Waals surface area contributed by atoms with Crippen LogP contribution in [0.25, 0.3) is 0 Å². The van der Waals surface area contributed by atoms with Gasteiger partial charge < -0.3 is 9.84 Å². The smallest absolute Gasteiger partial charge is 0.232 e. The van der Waals surface area contributed by atoms with Crippen molar-refractivity contribution in [3.8, 4) is 5.88 Å². The number of ether oxygens (including phenoxy) is 1. The normalized spacial score (nSPS) is 25.5. The van der Waals surface area contributed by atoms with Gasteiger partial charge in [-0.3, -0.25) is 0 Å². The third-order valence-corrected chi connectivity index (χ3v) is 3.09. The zero-order chi connectivity index (χ0) is 10.8. The number of nitrogens with zero attached hydrogens (tertiary/aromatic N) is 2. The summed E-state index contributed by atoms with van der Waals surface area (Å²) >= 11 is 8.92. The maximum absolute atomic E-state index is 9.59. The molecule has 1 aliphatic rings. The highest BCUT2D eigenvalue weighted by molar-refractivity contribution is 9.10. The number of aliphatic hydroxyl groups is 1. The Balaban J connectivity index is 2.12. The van der Waals surface area contributed by atoms with E-state index in [1.54, 1.807) is 0 Å². The van der Waals surface area contributed by atoms with Crippen molar-refractivity contribution < 1.29 is 9.84 Å². The summed E-state index contributed by atoms with van der Waals surface area (Å²) in [7, 11) is 0. The van der Waals surface area contributed by atoms with E-state index >= 15 is 0 Å². The van der Waals surface area contributed by atoms with Crippen LogP contribution in [-0.2, 0) is 0 Å². The average Bonchev–Trinajstić information content (AvgIpc) is 2.58. The van der Waals surface area contributed by atoms with E-state index in [1.165, 1.54) is 6.20 Å². The van der Waals surface area contributed by atoms with E-state index in [9.17, 15) is 5.11 Å². The summed E-state index contributed by atoms with van der Waals surface area (Å²) in [6.07, 6.45) is 3.53. The van der Waals surface area contributed by atoms with Gasteiger partial charge in [0.2, 0.25) is 11.2 Å². The third kappa shape index (κ3) is 2.59. The number of rotatable bonds is 2. The van der Waals surface area contributed by atoms with Crippen LogP contribution < -0.4 is 4.74 Å². The molecule has 1 N–H and O–H groups in total. The lowest BCUT2D eigenvalue weighted by Gasteiger charge is -2.16. The Morgan fingerprint density at radius 2 is 2.33 bits per heavy atom. The largest absolute Gasteiger partial charge is 0.471 e. The van der Waals surface area contributed by atoms with Crippen LogP contribution >= 0.6 is 27.5 Å². The molecule has 0 amide bonds. The Bertz CT molecular complexity index is 364. The van der Waals surface area contributed by atoms with Crippen molar-refractivity contribution in [2.45, 2.75) is 31.5 Å². The highest BCUT2D eigenvalue weighted by atomic mass is 79.9. The molecule has 1 aromatic heterocycles. The van der Waals surface area contributed by atoms with Gasteiger partial charge in [0.1, 0.15) is 6.10 Å². The third-order valence-electron chi connectivity index (χ3n) is 2.36. The first-order valence-corrected chi connectivity index (χ1v) is 5.86. The number of aliphatic hydroxyl groups excluding tert-OH is 1. The van der Waals surface area contributed by atoms with Gasteiger partial charge >= 0.3 is 0 Å². The van der Waals surface area contributed by atoms with Gasteiger partial charge in [0, 0.05) is 6.20 Å². The van der Waals surface area contributed by atoms with E-state index in [0.717, 1.165) is 19.3 Å². The second kappa shape index (κ2) is 4.63. The minimum atomic E-state index is -0.411. The van der Waals surface area contributed by atoms with Gasteiger partial charge in [0.25, 0.3) is 0 Å². The maximum atomic E-state index is 9.59. The van der Waals surface area contributed by atoms with Crippen LogP contribution in [0.15, 0.2) is 10.7 Å². The lowest BCUT2D eigenvalue weighted by Crippen LogP contribution is -2.26. The Kier molecular flexibility index (Phi) is 3.43. The van der Waals surface area contributed by atoms with Gasteiger partial charge in [-0.2, -0.15) is 4.98 Å². The molecule has 0 saturated heterocycles. The van der Waals surface area contributed by atoms with Crippen LogP contribution in [0, 0.1) is 0 Å².